The molecule has 0 amide bonds. The van der Waals surface area contributed by atoms with E-state index in [9.17, 15) is 4.79 Å². The Bertz CT molecular complexity index is 671. The van der Waals surface area contributed by atoms with Gasteiger partial charge < -0.3 is 4.74 Å². The van der Waals surface area contributed by atoms with Gasteiger partial charge in [-0.05, 0) is 41.9 Å². The molecule has 2 aromatic carbocycles. The van der Waals surface area contributed by atoms with Crippen molar-refractivity contribution in [1.29, 1.82) is 0 Å². The number of methoxy groups -OCH3 is 1. The van der Waals surface area contributed by atoms with Crippen molar-refractivity contribution in [2.75, 3.05) is 7.11 Å². The Kier molecular flexibility index (Phi) is 4.92. The first-order valence-electron chi connectivity index (χ1n) is 8.19. The van der Waals surface area contributed by atoms with Gasteiger partial charge in [0.25, 0.3) is 0 Å². The van der Waals surface area contributed by atoms with Gasteiger partial charge in [-0.1, -0.05) is 66.7 Å². The van der Waals surface area contributed by atoms with Crippen LogP contribution in [-0.4, -0.2) is 13.1 Å². The van der Waals surface area contributed by atoms with Gasteiger partial charge in [0.1, 0.15) is 0 Å². The summed E-state index contributed by atoms with van der Waals surface area (Å²) in [5, 5.41) is 0. The fourth-order valence-electron chi connectivity index (χ4n) is 3.31. The summed E-state index contributed by atoms with van der Waals surface area (Å²) in [4.78, 5) is 12.3. The van der Waals surface area contributed by atoms with Crippen molar-refractivity contribution >= 4 is 5.97 Å². The van der Waals surface area contributed by atoms with E-state index in [2.05, 4.69) is 48.6 Å². The number of carbonyl (C=O) groups is 1. The monoisotopic (exact) mass is 306 g/mol. The molecule has 1 aliphatic rings. The summed E-state index contributed by atoms with van der Waals surface area (Å²) >= 11 is 0. The Morgan fingerprint density at radius 1 is 1.04 bits per heavy atom. The first kappa shape index (κ1) is 15.5. The maximum Gasteiger partial charge on any atom is 0.313 e. The van der Waals surface area contributed by atoms with E-state index in [-0.39, 0.29) is 17.8 Å². The quantitative estimate of drug-likeness (QED) is 0.589. The van der Waals surface area contributed by atoms with Gasteiger partial charge in [0.15, 0.2) is 0 Å². The van der Waals surface area contributed by atoms with Crippen LogP contribution in [0, 0.1) is 5.92 Å². The minimum absolute atomic E-state index is 0.144. The Hall–Kier alpha value is -2.35. The average Bonchev–Trinajstić information content (AvgIpc) is 2.64. The lowest BCUT2D eigenvalue weighted by molar-refractivity contribution is -0.143. The second-order valence-corrected chi connectivity index (χ2v) is 6.01. The molecule has 1 aliphatic carbocycles. The van der Waals surface area contributed by atoms with E-state index in [0.717, 1.165) is 30.4 Å². The molecule has 0 aromatic heterocycles. The van der Waals surface area contributed by atoms with Crippen molar-refractivity contribution in [3.05, 3.63) is 72.3 Å². The Morgan fingerprint density at radius 2 is 1.74 bits per heavy atom. The molecule has 0 saturated heterocycles. The largest absolute Gasteiger partial charge is 0.469 e. The van der Waals surface area contributed by atoms with E-state index in [1.165, 1.54) is 12.7 Å². The molecule has 0 aliphatic heterocycles. The molecule has 0 unspecified atom stereocenters. The molecule has 2 atom stereocenters. The van der Waals surface area contributed by atoms with Gasteiger partial charge in [0.05, 0.1) is 13.0 Å². The van der Waals surface area contributed by atoms with Crippen LogP contribution in [0.1, 0.15) is 30.7 Å². The molecular weight excluding hydrogens is 284 g/mol. The lowest BCUT2D eigenvalue weighted by Crippen LogP contribution is -2.23. The minimum atomic E-state index is -0.207. The van der Waals surface area contributed by atoms with Gasteiger partial charge in [-0.25, -0.2) is 0 Å². The number of hydrogen-bond donors (Lipinski definition) is 0. The van der Waals surface area contributed by atoms with E-state index in [4.69, 9.17) is 4.74 Å². The fourth-order valence-corrected chi connectivity index (χ4v) is 3.31. The second kappa shape index (κ2) is 7.28. The summed E-state index contributed by atoms with van der Waals surface area (Å²) in [7, 11) is 1.47. The molecule has 0 N–H and O–H groups in total. The number of benzene rings is 2. The van der Waals surface area contributed by atoms with Gasteiger partial charge in [0.2, 0.25) is 0 Å². The summed E-state index contributed by atoms with van der Waals surface area (Å²) < 4.78 is 5.06. The first-order chi connectivity index (χ1) is 11.3. The third-order valence-corrected chi connectivity index (χ3v) is 4.55. The number of ether oxygens (including phenoxy) is 1. The lowest BCUT2D eigenvalue weighted by Gasteiger charge is -2.25. The van der Waals surface area contributed by atoms with Crippen LogP contribution < -0.4 is 0 Å². The highest BCUT2D eigenvalue weighted by Gasteiger charge is 2.29. The molecule has 0 fully saturated rings. The van der Waals surface area contributed by atoms with E-state index in [1.807, 2.05) is 18.2 Å². The predicted octanol–water partition coefficient (Wildman–Crippen LogP) is 4.97. The second-order valence-electron chi connectivity index (χ2n) is 6.01. The summed E-state index contributed by atoms with van der Waals surface area (Å²) in [6.45, 7) is 0. The van der Waals surface area contributed by atoms with Crippen molar-refractivity contribution in [3.63, 3.8) is 0 Å². The number of hydrogen-bond acceptors (Lipinski definition) is 2. The van der Waals surface area contributed by atoms with Crippen molar-refractivity contribution < 1.29 is 9.53 Å². The van der Waals surface area contributed by atoms with E-state index >= 15 is 0 Å². The highest BCUT2D eigenvalue weighted by Crippen LogP contribution is 2.34. The molecule has 0 radical (unpaired) electrons. The van der Waals surface area contributed by atoms with Crippen molar-refractivity contribution in [3.8, 4) is 11.1 Å². The predicted molar refractivity (Wildman–Crippen MR) is 93.1 cm³/mol. The molecule has 2 aromatic rings. The highest BCUT2D eigenvalue weighted by atomic mass is 16.5. The van der Waals surface area contributed by atoms with E-state index in [1.54, 1.807) is 0 Å². The molecule has 0 heterocycles. The van der Waals surface area contributed by atoms with Gasteiger partial charge in [0, 0.05) is 0 Å². The molecule has 0 spiro atoms. The highest BCUT2D eigenvalue weighted by molar-refractivity contribution is 5.79. The van der Waals surface area contributed by atoms with Gasteiger partial charge in [-0.2, -0.15) is 0 Å². The minimum Gasteiger partial charge on any atom is -0.469 e. The lowest BCUT2D eigenvalue weighted by atomic mass is 9.80. The van der Waals surface area contributed by atoms with Crippen LogP contribution in [-0.2, 0) is 9.53 Å². The zero-order chi connectivity index (χ0) is 16.1. The van der Waals surface area contributed by atoms with Crippen LogP contribution >= 0.6 is 0 Å². The number of rotatable bonds is 4. The molecule has 23 heavy (non-hydrogen) atoms. The smallest absolute Gasteiger partial charge is 0.313 e. The number of carbonyl (C=O) groups excluding carboxylic acids is 1. The Morgan fingerprint density at radius 3 is 2.35 bits per heavy atom. The number of allylic oxidation sites excluding steroid dienone is 2. The maximum atomic E-state index is 12.3. The van der Waals surface area contributed by atoms with Crippen molar-refractivity contribution in [1.82, 2.24) is 0 Å². The summed E-state index contributed by atoms with van der Waals surface area (Å²) in [6, 6.07) is 18.6. The van der Waals surface area contributed by atoms with Crippen LogP contribution in [0.15, 0.2) is 66.7 Å². The van der Waals surface area contributed by atoms with Crippen LogP contribution in [0.5, 0.6) is 0 Å². The van der Waals surface area contributed by atoms with Gasteiger partial charge in [-0.15, -0.1) is 0 Å². The molecule has 0 saturated carbocycles. The molecule has 2 heteroatoms. The Balaban J connectivity index is 1.89. The standard InChI is InChI=1S/C21H22O2/c1-23-21(22)20(18-10-6-3-7-11-18)19-14-12-17(13-15-19)16-8-4-2-5-9-16/h2,4-6,8-10,12-15,18,20H,3,7,11H2,1H3/t18-,20+/m0/s1. The van der Waals surface area contributed by atoms with Crippen molar-refractivity contribution in [2.45, 2.75) is 25.2 Å². The van der Waals surface area contributed by atoms with Gasteiger partial charge in [-0.3, -0.25) is 4.79 Å². The molecule has 0 bridgehead atoms. The molecular formula is C21H22O2. The summed E-state index contributed by atoms with van der Waals surface area (Å²) in [5.74, 6) is -0.117. The third-order valence-electron chi connectivity index (χ3n) is 4.55. The van der Waals surface area contributed by atoms with Crippen LogP contribution in [0.4, 0.5) is 0 Å². The summed E-state index contributed by atoms with van der Waals surface area (Å²) in [6.07, 6.45) is 7.64. The third kappa shape index (κ3) is 3.53. The normalized spacial score (nSPS) is 18.4. The van der Waals surface area contributed by atoms with Crippen molar-refractivity contribution in [2.24, 2.45) is 5.92 Å². The summed E-state index contributed by atoms with van der Waals surface area (Å²) in [5.41, 5.74) is 3.39. The van der Waals surface area contributed by atoms with E-state index < -0.39 is 0 Å². The van der Waals surface area contributed by atoms with Crippen LogP contribution in [0.2, 0.25) is 0 Å². The number of esters is 1. The maximum absolute atomic E-state index is 12.3. The van der Waals surface area contributed by atoms with Gasteiger partial charge >= 0.3 is 5.97 Å². The average molecular weight is 306 g/mol. The molecule has 118 valence electrons. The zero-order valence-electron chi connectivity index (χ0n) is 13.4. The molecule has 2 nitrogen and oxygen atoms in total. The first-order valence-corrected chi connectivity index (χ1v) is 8.19. The van der Waals surface area contributed by atoms with Crippen LogP contribution in [0.3, 0.4) is 0 Å². The van der Waals surface area contributed by atoms with E-state index in [0.29, 0.717) is 0 Å². The fraction of sp³-hybridized carbons (Fsp3) is 0.286. The van der Waals surface area contributed by atoms with Crippen LogP contribution in [0.25, 0.3) is 11.1 Å². The topological polar surface area (TPSA) is 26.3 Å². The SMILES string of the molecule is COC(=O)[C@@H](c1ccc(-c2ccccc2)cc1)[C@H]1C=CCCC1. The Labute approximate surface area is 137 Å². The molecule has 3 rings (SSSR count). The zero-order valence-corrected chi connectivity index (χ0v) is 13.4.